The molecule has 3 nitrogen and oxygen atoms in total. The lowest BCUT2D eigenvalue weighted by Gasteiger charge is -2.29. The molecule has 1 aliphatic rings. The maximum absolute atomic E-state index is 13.9. The first-order valence-electron chi connectivity index (χ1n) is 6.57. The van der Waals surface area contributed by atoms with Crippen molar-refractivity contribution in [2.45, 2.75) is 31.5 Å². The zero-order chi connectivity index (χ0) is 15.8. The lowest BCUT2D eigenvalue weighted by atomic mass is 9.95. The van der Waals surface area contributed by atoms with Crippen LogP contribution >= 0.6 is 12.4 Å². The number of alkyl halides is 3. The molecule has 0 spiro atoms. The van der Waals surface area contributed by atoms with Crippen LogP contribution in [0.2, 0.25) is 0 Å². The lowest BCUT2D eigenvalue weighted by molar-refractivity contribution is -0.140. The minimum absolute atomic E-state index is 0. The molecular weight excluding hydrogens is 324 g/mol. The molecule has 0 saturated heterocycles. The van der Waals surface area contributed by atoms with Crippen LogP contribution in [0, 0.1) is 11.7 Å². The van der Waals surface area contributed by atoms with Crippen LogP contribution in [-0.2, 0) is 6.18 Å². The summed E-state index contributed by atoms with van der Waals surface area (Å²) in [6.07, 6.45) is -3.06. The molecule has 0 radical (unpaired) electrons. The summed E-state index contributed by atoms with van der Waals surface area (Å²) in [5.41, 5.74) is 2.83. The first-order valence-corrected chi connectivity index (χ1v) is 6.57. The van der Waals surface area contributed by atoms with Crippen molar-refractivity contribution in [1.82, 2.24) is 5.32 Å². The summed E-state index contributed by atoms with van der Waals surface area (Å²) in [7, 11) is 0. The molecule has 8 heteroatoms. The van der Waals surface area contributed by atoms with Gasteiger partial charge < -0.3 is 11.1 Å². The van der Waals surface area contributed by atoms with Gasteiger partial charge in [-0.1, -0.05) is 6.07 Å². The van der Waals surface area contributed by atoms with Gasteiger partial charge in [-0.25, -0.2) is 4.39 Å². The summed E-state index contributed by atoms with van der Waals surface area (Å²) in [6.45, 7) is 1.86. The largest absolute Gasteiger partial charge is 0.419 e. The van der Waals surface area contributed by atoms with Crippen molar-refractivity contribution in [1.29, 1.82) is 0 Å². The van der Waals surface area contributed by atoms with E-state index in [4.69, 9.17) is 5.73 Å². The van der Waals surface area contributed by atoms with E-state index >= 15 is 0 Å². The van der Waals surface area contributed by atoms with Crippen molar-refractivity contribution < 1.29 is 22.4 Å². The number of halogens is 5. The summed E-state index contributed by atoms with van der Waals surface area (Å²) in [5.74, 6) is -2.25. The zero-order valence-electron chi connectivity index (χ0n) is 11.8. The maximum atomic E-state index is 13.9. The van der Waals surface area contributed by atoms with E-state index in [1.165, 1.54) is 0 Å². The van der Waals surface area contributed by atoms with E-state index in [1.807, 2.05) is 0 Å². The average Bonchev–Trinajstić information content (AvgIpc) is 3.21. The second-order valence-electron chi connectivity index (χ2n) is 5.51. The van der Waals surface area contributed by atoms with Gasteiger partial charge in [0.1, 0.15) is 5.82 Å². The first-order chi connectivity index (χ1) is 9.69. The molecular formula is C14H17ClF4N2O. The molecule has 0 aromatic heterocycles. The number of hydrogen-bond acceptors (Lipinski definition) is 2. The fourth-order valence-corrected chi connectivity index (χ4v) is 2.29. The van der Waals surface area contributed by atoms with Gasteiger partial charge in [-0.05, 0) is 37.8 Å². The predicted molar refractivity (Wildman–Crippen MR) is 76.3 cm³/mol. The number of nitrogens with two attached hydrogens (primary N) is 1. The molecule has 1 aromatic rings. The Morgan fingerprint density at radius 2 is 1.95 bits per heavy atom. The Morgan fingerprint density at radius 3 is 2.41 bits per heavy atom. The van der Waals surface area contributed by atoms with Gasteiger partial charge in [0.25, 0.3) is 5.91 Å². The Hall–Kier alpha value is -1.34. The Labute approximate surface area is 131 Å². The molecule has 1 saturated carbocycles. The van der Waals surface area contributed by atoms with Crippen molar-refractivity contribution in [2.24, 2.45) is 11.7 Å². The second-order valence-corrected chi connectivity index (χ2v) is 5.51. The lowest BCUT2D eigenvalue weighted by Crippen LogP contribution is -2.53. The molecule has 1 fully saturated rings. The Bertz CT molecular complexity index is 560. The normalized spacial score (nSPS) is 17.4. The van der Waals surface area contributed by atoms with Crippen LogP contribution in [0.3, 0.4) is 0 Å². The molecule has 0 bridgehead atoms. The van der Waals surface area contributed by atoms with Crippen LogP contribution in [0.15, 0.2) is 18.2 Å². The zero-order valence-corrected chi connectivity index (χ0v) is 12.7. The van der Waals surface area contributed by atoms with E-state index in [9.17, 15) is 22.4 Å². The number of nitrogens with one attached hydrogen (secondary N) is 1. The third-order valence-electron chi connectivity index (χ3n) is 3.85. The van der Waals surface area contributed by atoms with Gasteiger partial charge in [0, 0.05) is 6.54 Å². The van der Waals surface area contributed by atoms with Gasteiger partial charge in [-0.2, -0.15) is 13.2 Å². The van der Waals surface area contributed by atoms with Crippen LogP contribution in [0.1, 0.15) is 35.7 Å². The Balaban J connectivity index is 0.00000242. The van der Waals surface area contributed by atoms with Gasteiger partial charge in [0.05, 0.1) is 16.7 Å². The molecule has 0 heterocycles. The molecule has 22 heavy (non-hydrogen) atoms. The van der Waals surface area contributed by atoms with E-state index in [1.54, 1.807) is 6.92 Å². The monoisotopic (exact) mass is 340 g/mol. The third-order valence-corrected chi connectivity index (χ3v) is 3.85. The topological polar surface area (TPSA) is 55.1 Å². The molecule has 1 atom stereocenters. The molecule has 1 amide bonds. The van der Waals surface area contributed by atoms with Gasteiger partial charge in [-0.15, -0.1) is 12.4 Å². The van der Waals surface area contributed by atoms with Crippen LogP contribution in [0.4, 0.5) is 17.6 Å². The molecule has 1 aromatic carbocycles. The average molecular weight is 341 g/mol. The van der Waals surface area contributed by atoms with E-state index in [0.717, 1.165) is 25.0 Å². The number of hydrogen-bond donors (Lipinski definition) is 2. The molecule has 3 N–H and O–H groups in total. The minimum atomic E-state index is -4.84. The smallest absolute Gasteiger partial charge is 0.345 e. The van der Waals surface area contributed by atoms with E-state index in [2.05, 4.69) is 5.32 Å². The number of benzene rings is 1. The molecule has 124 valence electrons. The van der Waals surface area contributed by atoms with Gasteiger partial charge >= 0.3 is 6.18 Å². The number of rotatable bonds is 4. The fraction of sp³-hybridized carbons (Fsp3) is 0.500. The fourth-order valence-electron chi connectivity index (χ4n) is 2.29. The van der Waals surface area contributed by atoms with Crippen molar-refractivity contribution in [3.8, 4) is 0 Å². The quantitative estimate of drug-likeness (QED) is 0.827. The minimum Gasteiger partial charge on any atom is -0.345 e. The van der Waals surface area contributed by atoms with Crippen LogP contribution in [0.5, 0.6) is 0 Å². The Morgan fingerprint density at radius 1 is 1.36 bits per heavy atom. The van der Waals surface area contributed by atoms with Gasteiger partial charge in [0.15, 0.2) is 0 Å². The molecule has 1 unspecified atom stereocenters. The summed E-state index contributed by atoms with van der Waals surface area (Å²) in [6, 6.07) is 2.65. The third kappa shape index (κ3) is 3.70. The van der Waals surface area contributed by atoms with Gasteiger partial charge in [-0.3, -0.25) is 4.79 Å². The van der Waals surface area contributed by atoms with Crippen molar-refractivity contribution in [3.05, 3.63) is 35.1 Å². The predicted octanol–water partition coefficient (Wildman–Crippen LogP) is 3.12. The van der Waals surface area contributed by atoms with E-state index in [0.29, 0.717) is 6.07 Å². The highest BCUT2D eigenvalue weighted by Gasteiger charge is 2.42. The SMILES string of the molecule is CC(CN)(NC(=O)c1cccc(C(F)(F)F)c1F)C1CC1.Cl. The van der Waals surface area contributed by atoms with Crippen LogP contribution in [-0.4, -0.2) is 18.0 Å². The van der Waals surface area contributed by atoms with Crippen LogP contribution < -0.4 is 11.1 Å². The van der Waals surface area contributed by atoms with Crippen LogP contribution in [0.25, 0.3) is 0 Å². The molecule has 2 rings (SSSR count). The number of amides is 1. The molecule has 1 aliphatic carbocycles. The van der Waals surface area contributed by atoms with Gasteiger partial charge in [0.2, 0.25) is 0 Å². The standard InChI is InChI=1S/C14H16F4N2O.ClH/c1-13(7-19,8-5-6-8)20-12(21)9-3-2-4-10(11(9)15)14(16,17)18;/h2-4,8H,5-7,19H2,1H3,(H,20,21);1H. The highest BCUT2D eigenvalue weighted by molar-refractivity contribution is 5.95. The number of carbonyl (C=O) groups is 1. The van der Waals surface area contributed by atoms with Crippen molar-refractivity contribution >= 4 is 18.3 Å². The Kier molecular flexibility index (Phi) is 5.46. The van der Waals surface area contributed by atoms with Crippen molar-refractivity contribution in [2.75, 3.05) is 6.54 Å². The molecule has 0 aliphatic heterocycles. The van der Waals surface area contributed by atoms with E-state index in [-0.39, 0.29) is 24.9 Å². The summed E-state index contributed by atoms with van der Waals surface area (Å²) in [5, 5.41) is 2.57. The first kappa shape index (κ1) is 18.7. The summed E-state index contributed by atoms with van der Waals surface area (Å²) in [4.78, 5) is 12.1. The summed E-state index contributed by atoms with van der Waals surface area (Å²) < 4.78 is 51.8. The maximum Gasteiger partial charge on any atom is 0.419 e. The summed E-state index contributed by atoms with van der Waals surface area (Å²) >= 11 is 0. The van der Waals surface area contributed by atoms with Crippen molar-refractivity contribution in [3.63, 3.8) is 0 Å². The van der Waals surface area contributed by atoms with E-state index < -0.39 is 34.6 Å². The second kappa shape index (κ2) is 6.42. The highest BCUT2D eigenvalue weighted by atomic mass is 35.5. The highest BCUT2D eigenvalue weighted by Crippen LogP contribution is 2.39. The number of carbonyl (C=O) groups excluding carboxylic acids is 1.